The third-order valence-corrected chi connectivity index (χ3v) is 7.73. The van der Waals surface area contributed by atoms with Crippen LogP contribution >= 0.6 is 0 Å². The molecule has 0 aliphatic carbocycles. The van der Waals surface area contributed by atoms with Crippen molar-refractivity contribution in [2.75, 3.05) is 5.32 Å². The first-order chi connectivity index (χ1) is 16.3. The Labute approximate surface area is 199 Å². The standard InChI is InChI=1S/C27H25N3O3S/c1-18-13-14-22(15-19(18)2)30-26(23-16-34(32,33)17-24(23)29-30)28-27(31)25(20-9-5-3-6-10-20)21-11-7-4-8-12-21/h3-15,25H,16-17H2,1-2H3,(H,28,31). The van der Waals surface area contributed by atoms with Crippen LogP contribution in [0.3, 0.4) is 0 Å². The monoisotopic (exact) mass is 471 g/mol. The van der Waals surface area contributed by atoms with Crippen molar-refractivity contribution < 1.29 is 13.2 Å². The van der Waals surface area contributed by atoms with Gasteiger partial charge < -0.3 is 5.32 Å². The Morgan fingerprint density at radius 2 is 1.50 bits per heavy atom. The van der Waals surface area contributed by atoms with Gasteiger partial charge in [0.2, 0.25) is 5.91 Å². The summed E-state index contributed by atoms with van der Waals surface area (Å²) in [5.41, 5.74) is 5.77. The molecule has 0 fully saturated rings. The number of hydrogen-bond donors (Lipinski definition) is 1. The van der Waals surface area contributed by atoms with Crippen molar-refractivity contribution in [2.45, 2.75) is 31.3 Å². The van der Waals surface area contributed by atoms with Crippen molar-refractivity contribution >= 4 is 21.6 Å². The van der Waals surface area contributed by atoms with E-state index >= 15 is 0 Å². The van der Waals surface area contributed by atoms with Gasteiger partial charge in [-0.2, -0.15) is 5.10 Å². The van der Waals surface area contributed by atoms with Crippen LogP contribution in [0.1, 0.15) is 39.4 Å². The first-order valence-electron chi connectivity index (χ1n) is 11.1. The van der Waals surface area contributed by atoms with Crippen molar-refractivity contribution in [1.29, 1.82) is 0 Å². The largest absolute Gasteiger partial charge is 0.309 e. The number of hydrogen-bond acceptors (Lipinski definition) is 4. The maximum Gasteiger partial charge on any atom is 0.237 e. The molecule has 6 nitrogen and oxygen atoms in total. The molecule has 1 aliphatic rings. The van der Waals surface area contributed by atoms with Gasteiger partial charge in [0, 0.05) is 5.56 Å². The number of aryl methyl sites for hydroxylation is 2. The zero-order valence-electron chi connectivity index (χ0n) is 19.0. The van der Waals surface area contributed by atoms with E-state index in [1.54, 1.807) is 4.68 Å². The molecule has 0 radical (unpaired) electrons. The minimum Gasteiger partial charge on any atom is -0.309 e. The van der Waals surface area contributed by atoms with Crippen molar-refractivity contribution in [3.8, 4) is 5.69 Å². The number of amides is 1. The maximum atomic E-state index is 13.8. The highest BCUT2D eigenvalue weighted by Crippen LogP contribution is 2.35. The summed E-state index contributed by atoms with van der Waals surface area (Å²) in [6.07, 6.45) is 0. The number of benzene rings is 3. The van der Waals surface area contributed by atoms with E-state index in [1.165, 1.54) is 0 Å². The Balaban J connectivity index is 1.60. The fraction of sp³-hybridized carbons (Fsp3) is 0.185. The molecule has 1 aliphatic heterocycles. The second-order valence-electron chi connectivity index (χ2n) is 8.73. The predicted octanol–water partition coefficient (Wildman–Crippen LogP) is 4.69. The van der Waals surface area contributed by atoms with Crippen LogP contribution in [0.4, 0.5) is 5.82 Å². The van der Waals surface area contributed by atoms with Gasteiger partial charge in [-0.15, -0.1) is 0 Å². The summed E-state index contributed by atoms with van der Waals surface area (Å²) in [5, 5.41) is 7.66. The SMILES string of the molecule is Cc1ccc(-n2nc3c(c2NC(=O)C(c2ccccc2)c2ccccc2)CS(=O)(=O)C3)cc1C. The molecule has 1 amide bonds. The third-order valence-electron chi connectivity index (χ3n) is 6.29. The second kappa shape index (κ2) is 8.57. The number of anilines is 1. The molecule has 0 unspecified atom stereocenters. The van der Waals surface area contributed by atoms with Crippen LogP contribution in [-0.2, 0) is 26.1 Å². The quantitative estimate of drug-likeness (QED) is 0.458. The summed E-state index contributed by atoms with van der Waals surface area (Å²) in [6, 6.07) is 25.1. The van der Waals surface area contributed by atoms with Gasteiger partial charge in [-0.3, -0.25) is 4.79 Å². The average Bonchev–Trinajstić information content (AvgIpc) is 3.29. The topological polar surface area (TPSA) is 81.1 Å². The lowest BCUT2D eigenvalue weighted by Gasteiger charge is -2.19. The van der Waals surface area contributed by atoms with E-state index in [0.717, 1.165) is 27.9 Å². The molecule has 3 aromatic carbocycles. The molecule has 0 spiro atoms. The van der Waals surface area contributed by atoms with Gasteiger partial charge >= 0.3 is 0 Å². The van der Waals surface area contributed by atoms with Gasteiger partial charge in [0.15, 0.2) is 9.84 Å². The first kappa shape index (κ1) is 22.1. The Hall–Kier alpha value is -3.71. The van der Waals surface area contributed by atoms with E-state index in [0.29, 0.717) is 17.1 Å². The van der Waals surface area contributed by atoms with Crippen LogP contribution in [-0.4, -0.2) is 24.1 Å². The molecular formula is C27H25N3O3S. The fourth-order valence-corrected chi connectivity index (χ4v) is 5.88. The molecule has 7 heteroatoms. The van der Waals surface area contributed by atoms with Gasteiger partial charge in [-0.05, 0) is 48.2 Å². The molecular weight excluding hydrogens is 446 g/mol. The van der Waals surface area contributed by atoms with Crippen molar-refractivity contribution in [3.05, 3.63) is 112 Å². The highest BCUT2D eigenvalue weighted by atomic mass is 32.2. The fourth-order valence-electron chi connectivity index (χ4n) is 4.39. The van der Waals surface area contributed by atoms with Crippen LogP contribution in [0.25, 0.3) is 5.69 Å². The molecule has 4 aromatic rings. The van der Waals surface area contributed by atoms with Crippen LogP contribution in [0, 0.1) is 13.8 Å². The lowest BCUT2D eigenvalue weighted by molar-refractivity contribution is -0.116. The molecule has 172 valence electrons. The molecule has 0 bridgehead atoms. The summed E-state index contributed by atoms with van der Waals surface area (Å²) in [7, 11) is -3.29. The smallest absolute Gasteiger partial charge is 0.237 e. The second-order valence-corrected chi connectivity index (χ2v) is 10.8. The normalized spacial score (nSPS) is 14.2. The zero-order chi connectivity index (χ0) is 23.9. The maximum absolute atomic E-state index is 13.8. The number of rotatable bonds is 5. The van der Waals surface area contributed by atoms with E-state index in [2.05, 4.69) is 10.4 Å². The number of carbonyl (C=O) groups is 1. The number of sulfone groups is 1. The molecule has 5 rings (SSSR count). The summed E-state index contributed by atoms with van der Waals surface area (Å²) < 4.78 is 26.4. The third kappa shape index (κ3) is 4.15. The zero-order valence-corrected chi connectivity index (χ0v) is 19.8. The number of nitrogens with one attached hydrogen (secondary N) is 1. The molecule has 1 N–H and O–H groups in total. The minimum atomic E-state index is -3.29. The van der Waals surface area contributed by atoms with Crippen molar-refractivity contribution in [2.24, 2.45) is 0 Å². The lowest BCUT2D eigenvalue weighted by atomic mass is 9.90. The number of carbonyl (C=O) groups excluding carboxylic acids is 1. The predicted molar refractivity (Wildman–Crippen MR) is 133 cm³/mol. The van der Waals surface area contributed by atoms with Crippen LogP contribution < -0.4 is 5.32 Å². The first-order valence-corrected chi connectivity index (χ1v) is 12.9. The molecule has 34 heavy (non-hydrogen) atoms. The van der Waals surface area contributed by atoms with Gasteiger partial charge in [0.05, 0.1) is 28.8 Å². The van der Waals surface area contributed by atoms with E-state index in [1.807, 2.05) is 92.7 Å². The number of fused-ring (bicyclic) bond motifs is 1. The van der Waals surface area contributed by atoms with E-state index in [-0.39, 0.29) is 17.4 Å². The Morgan fingerprint density at radius 3 is 2.09 bits per heavy atom. The molecule has 0 saturated carbocycles. The van der Waals surface area contributed by atoms with E-state index < -0.39 is 15.8 Å². The van der Waals surface area contributed by atoms with Crippen molar-refractivity contribution in [3.63, 3.8) is 0 Å². The summed E-state index contributed by atoms with van der Waals surface area (Å²) in [5.74, 6) is -0.636. The van der Waals surface area contributed by atoms with Gasteiger partial charge in [0.1, 0.15) is 5.82 Å². The van der Waals surface area contributed by atoms with Crippen LogP contribution in [0.5, 0.6) is 0 Å². The van der Waals surface area contributed by atoms with Gasteiger partial charge in [0.25, 0.3) is 0 Å². The van der Waals surface area contributed by atoms with E-state index in [9.17, 15) is 13.2 Å². The summed E-state index contributed by atoms with van der Waals surface area (Å²) in [6.45, 7) is 4.04. The Kier molecular flexibility index (Phi) is 5.57. The molecule has 2 heterocycles. The summed E-state index contributed by atoms with van der Waals surface area (Å²) >= 11 is 0. The van der Waals surface area contributed by atoms with Crippen LogP contribution in [0.2, 0.25) is 0 Å². The molecule has 0 atom stereocenters. The molecule has 0 saturated heterocycles. The van der Waals surface area contributed by atoms with Crippen LogP contribution in [0.15, 0.2) is 78.9 Å². The highest BCUT2D eigenvalue weighted by Gasteiger charge is 2.34. The van der Waals surface area contributed by atoms with Crippen molar-refractivity contribution in [1.82, 2.24) is 9.78 Å². The Bertz CT molecular complexity index is 1440. The minimum absolute atomic E-state index is 0.121. The number of nitrogens with zero attached hydrogens (tertiary/aromatic N) is 2. The highest BCUT2D eigenvalue weighted by molar-refractivity contribution is 7.90. The summed E-state index contributed by atoms with van der Waals surface area (Å²) in [4.78, 5) is 13.8. The Morgan fingerprint density at radius 1 is 0.882 bits per heavy atom. The molecule has 1 aromatic heterocycles. The average molecular weight is 472 g/mol. The van der Waals surface area contributed by atoms with E-state index in [4.69, 9.17) is 0 Å². The lowest BCUT2D eigenvalue weighted by Crippen LogP contribution is -2.24. The van der Waals surface area contributed by atoms with Gasteiger partial charge in [-0.25, -0.2) is 13.1 Å². The number of aromatic nitrogens is 2. The van der Waals surface area contributed by atoms with Gasteiger partial charge in [-0.1, -0.05) is 66.7 Å².